The average molecular weight is 246 g/mol. The number of nitrogens with one attached hydrogen (secondary N) is 1. The van der Waals surface area contributed by atoms with Crippen molar-refractivity contribution in [2.45, 2.75) is 25.7 Å². The molecule has 0 unspecified atom stereocenters. The minimum atomic E-state index is 0.0194. The summed E-state index contributed by atoms with van der Waals surface area (Å²) < 4.78 is 2.01. The Morgan fingerprint density at radius 1 is 1.44 bits per heavy atom. The molecule has 0 aromatic carbocycles. The lowest BCUT2D eigenvalue weighted by atomic mass is 9.96. The van der Waals surface area contributed by atoms with E-state index in [0.29, 0.717) is 5.92 Å². The molecule has 96 valence electrons. The van der Waals surface area contributed by atoms with Gasteiger partial charge >= 0.3 is 0 Å². The fourth-order valence-electron chi connectivity index (χ4n) is 2.73. The third kappa shape index (κ3) is 1.95. The number of aromatic amines is 1. The van der Waals surface area contributed by atoms with Crippen LogP contribution in [0, 0.1) is 0 Å². The zero-order valence-corrected chi connectivity index (χ0v) is 10.6. The lowest BCUT2D eigenvalue weighted by Crippen LogP contribution is -2.33. The molecule has 0 spiro atoms. The van der Waals surface area contributed by atoms with E-state index in [1.807, 2.05) is 10.6 Å². The Kier molecular flexibility index (Phi) is 2.91. The maximum atomic E-state index is 11.3. The van der Waals surface area contributed by atoms with Gasteiger partial charge in [0.05, 0.1) is 0 Å². The van der Waals surface area contributed by atoms with E-state index in [0.717, 1.165) is 43.9 Å². The molecule has 1 saturated heterocycles. The summed E-state index contributed by atoms with van der Waals surface area (Å²) in [6.45, 7) is 5.60. The number of nitrogens with zero attached hydrogens (tertiary/aromatic N) is 3. The van der Waals surface area contributed by atoms with Gasteiger partial charge in [0.15, 0.2) is 5.43 Å². The molecule has 5 heteroatoms. The van der Waals surface area contributed by atoms with Crippen LogP contribution in [0.3, 0.4) is 0 Å². The molecule has 0 bridgehead atoms. The highest BCUT2D eigenvalue weighted by molar-refractivity contribution is 5.37. The summed E-state index contributed by atoms with van der Waals surface area (Å²) in [6.07, 6.45) is 4.10. The molecule has 1 N–H and O–H groups in total. The number of H-pyrrole nitrogens is 1. The van der Waals surface area contributed by atoms with Crippen molar-refractivity contribution in [2.24, 2.45) is 0 Å². The predicted molar refractivity (Wildman–Crippen MR) is 69.9 cm³/mol. The van der Waals surface area contributed by atoms with Crippen LogP contribution in [-0.4, -0.2) is 39.1 Å². The van der Waals surface area contributed by atoms with E-state index in [9.17, 15) is 4.79 Å². The van der Waals surface area contributed by atoms with Gasteiger partial charge in [-0.1, -0.05) is 6.92 Å². The summed E-state index contributed by atoms with van der Waals surface area (Å²) in [4.78, 5) is 13.7. The van der Waals surface area contributed by atoms with Crippen molar-refractivity contribution >= 4 is 5.65 Å². The third-order valence-electron chi connectivity index (χ3n) is 3.86. The second-order valence-corrected chi connectivity index (χ2v) is 4.91. The van der Waals surface area contributed by atoms with Gasteiger partial charge in [0, 0.05) is 24.2 Å². The quantitative estimate of drug-likeness (QED) is 0.867. The highest BCUT2D eigenvalue weighted by Crippen LogP contribution is 2.26. The van der Waals surface area contributed by atoms with Crippen molar-refractivity contribution in [2.75, 3.05) is 19.6 Å². The van der Waals surface area contributed by atoms with Gasteiger partial charge in [-0.15, -0.1) is 0 Å². The van der Waals surface area contributed by atoms with Crippen molar-refractivity contribution in [3.8, 4) is 0 Å². The molecule has 5 nitrogen and oxygen atoms in total. The van der Waals surface area contributed by atoms with E-state index in [-0.39, 0.29) is 5.43 Å². The number of pyridine rings is 1. The van der Waals surface area contributed by atoms with Crippen molar-refractivity contribution in [3.63, 3.8) is 0 Å². The monoisotopic (exact) mass is 246 g/mol. The Morgan fingerprint density at radius 3 is 2.94 bits per heavy atom. The van der Waals surface area contributed by atoms with Gasteiger partial charge in [-0.25, -0.2) is 0 Å². The maximum absolute atomic E-state index is 11.3. The van der Waals surface area contributed by atoms with E-state index >= 15 is 0 Å². The highest BCUT2D eigenvalue weighted by atomic mass is 16.1. The summed E-state index contributed by atoms with van der Waals surface area (Å²) >= 11 is 0. The van der Waals surface area contributed by atoms with Crippen LogP contribution in [0.15, 0.2) is 23.1 Å². The molecule has 3 heterocycles. The van der Waals surface area contributed by atoms with Crippen LogP contribution in [0.4, 0.5) is 0 Å². The number of aromatic nitrogens is 3. The Bertz CT molecular complexity index is 592. The van der Waals surface area contributed by atoms with E-state index in [2.05, 4.69) is 22.0 Å². The van der Waals surface area contributed by atoms with Gasteiger partial charge < -0.3 is 4.90 Å². The Labute approximate surface area is 105 Å². The summed E-state index contributed by atoms with van der Waals surface area (Å²) in [5, 5.41) is 7.34. The summed E-state index contributed by atoms with van der Waals surface area (Å²) in [7, 11) is 0. The van der Waals surface area contributed by atoms with Gasteiger partial charge in [-0.05, 0) is 32.5 Å². The molecule has 1 fully saturated rings. The fourth-order valence-corrected chi connectivity index (χ4v) is 2.73. The molecule has 3 rings (SSSR count). The number of hydrogen-bond acceptors (Lipinski definition) is 3. The largest absolute Gasteiger partial charge is 0.304 e. The Balaban J connectivity index is 1.89. The van der Waals surface area contributed by atoms with E-state index in [1.165, 1.54) is 0 Å². The van der Waals surface area contributed by atoms with E-state index in [1.54, 1.807) is 12.1 Å². The van der Waals surface area contributed by atoms with Gasteiger partial charge in [0.25, 0.3) is 0 Å². The van der Waals surface area contributed by atoms with Gasteiger partial charge in [0.2, 0.25) is 0 Å². The lowest BCUT2D eigenvalue weighted by Gasteiger charge is -2.30. The zero-order chi connectivity index (χ0) is 12.5. The molecule has 2 aromatic heterocycles. The van der Waals surface area contributed by atoms with Crippen molar-refractivity contribution in [3.05, 3.63) is 34.4 Å². The Hall–Kier alpha value is -1.62. The zero-order valence-electron chi connectivity index (χ0n) is 10.6. The van der Waals surface area contributed by atoms with Crippen molar-refractivity contribution in [1.29, 1.82) is 0 Å². The molecular weight excluding hydrogens is 228 g/mol. The number of hydrogen-bond donors (Lipinski definition) is 1. The van der Waals surface area contributed by atoms with Crippen LogP contribution in [0.2, 0.25) is 0 Å². The van der Waals surface area contributed by atoms with Crippen molar-refractivity contribution in [1.82, 2.24) is 19.5 Å². The van der Waals surface area contributed by atoms with Crippen LogP contribution in [0.5, 0.6) is 0 Å². The number of likely N-dealkylation sites (tertiary alicyclic amines) is 1. The van der Waals surface area contributed by atoms with Crippen molar-refractivity contribution < 1.29 is 0 Å². The predicted octanol–water partition coefficient (Wildman–Crippen LogP) is 1.22. The normalized spacial score (nSPS) is 18.5. The van der Waals surface area contributed by atoms with Gasteiger partial charge in [-0.3, -0.25) is 14.3 Å². The fraction of sp³-hybridized carbons (Fsp3) is 0.538. The van der Waals surface area contributed by atoms with Crippen LogP contribution < -0.4 is 5.43 Å². The number of rotatable bonds is 2. The second kappa shape index (κ2) is 4.57. The first kappa shape index (κ1) is 11.5. The number of fused-ring (bicyclic) bond motifs is 1. The summed E-state index contributed by atoms with van der Waals surface area (Å²) in [5.74, 6) is 1.55. The lowest BCUT2D eigenvalue weighted by molar-refractivity contribution is 0.218. The number of piperidine rings is 1. The highest BCUT2D eigenvalue weighted by Gasteiger charge is 2.23. The molecule has 2 aromatic rings. The maximum Gasteiger partial charge on any atom is 0.183 e. The SMILES string of the molecule is CCN1CCC(c2n[nH]c3cc(=O)ccn23)CC1. The third-order valence-corrected chi connectivity index (χ3v) is 3.86. The van der Waals surface area contributed by atoms with Crippen LogP contribution in [-0.2, 0) is 0 Å². The first-order valence-corrected chi connectivity index (χ1v) is 6.57. The van der Waals surface area contributed by atoms with Crippen LogP contribution >= 0.6 is 0 Å². The molecular formula is C13H18N4O. The smallest absolute Gasteiger partial charge is 0.183 e. The van der Waals surface area contributed by atoms with E-state index in [4.69, 9.17) is 0 Å². The Morgan fingerprint density at radius 2 is 2.22 bits per heavy atom. The molecule has 0 saturated carbocycles. The molecule has 0 aliphatic carbocycles. The molecule has 1 aliphatic rings. The molecule has 1 aliphatic heterocycles. The molecule has 0 radical (unpaired) electrons. The first-order chi connectivity index (χ1) is 8.78. The summed E-state index contributed by atoms with van der Waals surface area (Å²) in [6, 6.07) is 3.19. The minimum absolute atomic E-state index is 0.0194. The van der Waals surface area contributed by atoms with Gasteiger partial charge in [-0.2, -0.15) is 5.10 Å². The first-order valence-electron chi connectivity index (χ1n) is 6.57. The topological polar surface area (TPSA) is 53.4 Å². The van der Waals surface area contributed by atoms with E-state index < -0.39 is 0 Å². The minimum Gasteiger partial charge on any atom is -0.304 e. The average Bonchev–Trinajstić information content (AvgIpc) is 2.81. The standard InChI is InChI=1S/C13H18N4O/c1-2-16-6-3-10(4-7-16)13-15-14-12-9-11(18)5-8-17(12)13/h5,8-10,14H,2-4,6-7H2,1H3. The second-order valence-electron chi connectivity index (χ2n) is 4.91. The molecule has 0 atom stereocenters. The van der Waals surface area contributed by atoms with Gasteiger partial charge in [0.1, 0.15) is 11.5 Å². The van der Waals surface area contributed by atoms with Crippen LogP contribution in [0.1, 0.15) is 31.5 Å². The molecule has 18 heavy (non-hydrogen) atoms. The summed E-state index contributed by atoms with van der Waals surface area (Å²) in [5.41, 5.74) is 0.807. The molecule has 0 amide bonds. The van der Waals surface area contributed by atoms with Crippen LogP contribution in [0.25, 0.3) is 5.65 Å².